The van der Waals surface area contributed by atoms with E-state index in [-0.39, 0.29) is 0 Å². The number of aliphatic hydroxyl groups is 1. The van der Waals surface area contributed by atoms with E-state index in [0.29, 0.717) is 12.5 Å². The van der Waals surface area contributed by atoms with Crippen molar-refractivity contribution in [3.63, 3.8) is 0 Å². The van der Waals surface area contributed by atoms with Crippen molar-refractivity contribution in [1.29, 1.82) is 0 Å². The van der Waals surface area contributed by atoms with Crippen LogP contribution >= 0.6 is 0 Å². The Morgan fingerprint density at radius 2 is 2.00 bits per heavy atom. The summed E-state index contributed by atoms with van der Waals surface area (Å²) in [5.41, 5.74) is 4.81. The normalized spacial score (nSPS) is 15.7. The minimum Gasteiger partial charge on any atom is -0.390 e. The molecule has 0 spiro atoms. The van der Waals surface area contributed by atoms with Crippen LogP contribution in [0.4, 0.5) is 0 Å². The Morgan fingerprint density at radius 1 is 1.56 bits per heavy atom. The van der Waals surface area contributed by atoms with Gasteiger partial charge in [-0.05, 0) is 32.7 Å². The summed E-state index contributed by atoms with van der Waals surface area (Å²) in [6.07, 6.45) is 0.781. The van der Waals surface area contributed by atoms with Crippen molar-refractivity contribution in [2.75, 3.05) is 6.54 Å². The molecule has 0 aliphatic carbocycles. The average molecular weight is 131 g/mol. The molecule has 0 aromatic heterocycles. The summed E-state index contributed by atoms with van der Waals surface area (Å²) in [5, 5.41) is 9.26. The number of hydrogen-bond donors (Lipinski definition) is 2. The summed E-state index contributed by atoms with van der Waals surface area (Å²) in [4.78, 5) is 0. The summed E-state index contributed by atoms with van der Waals surface area (Å²) in [7, 11) is 0. The highest BCUT2D eigenvalue weighted by atomic mass is 16.3. The van der Waals surface area contributed by atoms with Crippen LogP contribution < -0.4 is 5.73 Å². The quantitative estimate of drug-likeness (QED) is 0.593. The van der Waals surface area contributed by atoms with Crippen molar-refractivity contribution in [1.82, 2.24) is 0 Å². The largest absolute Gasteiger partial charge is 0.390 e. The lowest BCUT2D eigenvalue weighted by molar-refractivity contribution is 0.0564. The van der Waals surface area contributed by atoms with Gasteiger partial charge in [0.15, 0.2) is 0 Å². The van der Waals surface area contributed by atoms with Gasteiger partial charge in [0.2, 0.25) is 0 Å². The summed E-state index contributed by atoms with van der Waals surface area (Å²) in [6, 6.07) is 0. The summed E-state index contributed by atoms with van der Waals surface area (Å²) in [5.74, 6) is 0.421. The lowest BCUT2D eigenvalue weighted by atomic mass is 9.95. The Morgan fingerprint density at radius 3 is 2.11 bits per heavy atom. The number of rotatable bonds is 3. The van der Waals surface area contributed by atoms with Crippen molar-refractivity contribution < 1.29 is 5.11 Å². The van der Waals surface area contributed by atoms with Crippen molar-refractivity contribution in [2.45, 2.75) is 32.8 Å². The van der Waals surface area contributed by atoms with Gasteiger partial charge in [-0.25, -0.2) is 0 Å². The van der Waals surface area contributed by atoms with Crippen molar-refractivity contribution >= 4 is 0 Å². The third-order valence-electron chi connectivity index (χ3n) is 1.25. The Balaban J connectivity index is 3.47. The molecule has 0 aromatic carbocycles. The van der Waals surface area contributed by atoms with Crippen LogP contribution in [-0.4, -0.2) is 17.3 Å². The number of nitrogens with two attached hydrogens (primary N) is 1. The molecule has 2 nitrogen and oxygen atoms in total. The molecule has 9 heavy (non-hydrogen) atoms. The van der Waals surface area contributed by atoms with Crippen LogP contribution in [0.5, 0.6) is 0 Å². The SMILES string of the molecule is C[C@@H](CN)CC(C)(C)O. The first kappa shape index (κ1) is 8.92. The van der Waals surface area contributed by atoms with E-state index in [1.54, 1.807) is 13.8 Å². The van der Waals surface area contributed by atoms with Gasteiger partial charge in [-0.15, -0.1) is 0 Å². The minimum atomic E-state index is -0.557. The molecule has 0 rings (SSSR count). The highest BCUT2D eigenvalue weighted by molar-refractivity contribution is 4.69. The van der Waals surface area contributed by atoms with Crippen LogP contribution in [0.1, 0.15) is 27.2 Å². The summed E-state index contributed by atoms with van der Waals surface area (Å²) >= 11 is 0. The molecule has 3 N–H and O–H groups in total. The lowest BCUT2D eigenvalue weighted by Gasteiger charge is -2.20. The predicted octanol–water partition coefficient (Wildman–Crippen LogP) is 0.742. The van der Waals surface area contributed by atoms with E-state index in [2.05, 4.69) is 0 Å². The van der Waals surface area contributed by atoms with Gasteiger partial charge in [-0.1, -0.05) is 6.92 Å². The molecule has 0 saturated heterocycles. The van der Waals surface area contributed by atoms with Gasteiger partial charge in [-0.3, -0.25) is 0 Å². The molecule has 0 aromatic rings. The highest BCUT2D eigenvalue weighted by Crippen LogP contribution is 2.13. The predicted molar refractivity (Wildman–Crippen MR) is 39.1 cm³/mol. The maximum absolute atomic E-state index is 9.26. The van der Waals surface area contributed by atoms with E-state index in [9.17, 15) is 5.11 Å². The fourth-order valence-electron chi connectivity index (χ4n) is 0.936. The zero-order valence-electron chi connectivity index (χ0n) is 6.52. The fourth-order valence-corrected chi connectivity index (χ4v) is 0.936. The van der Waals surface area contributed by atoms with Crippen LogP contribution in [0, 0.1) is 5.92 Å². The standard InChI is InChI=1S/C7H17NO/c1-6(5-8)4-7(2,3)9/h6,9H,4-5,8H2,1-3H3/t6-/m1/s1. The molecule has 2 heteroatoms. The van der Waals surface area contributed by atoms with Crippen LogP contribution in [0.15, 0.2) is 0 Å². The van der Waals surface area contributed by atoms with Crippen LogP contribution in [0.2, 0.25) is 0 Å². The van der Waals surface area contributed by atoms with Crippen LogP contribution in [0.25, 0.3) is 0 Å². The molecule has 0 heterocycles. The van der Waals surface area contributed by atoms with Crippen molar-refractivity contribution in [3.8, 4) is 0 Å². The lowest BCUT2D eigenvalue weighted by Crippen LogP contribution is -2.25. The van der Waals surface area contributed by atoms with Gasteiger partial charge >= 0.3 is 0 Å². The Kier molecular flexibility index (Phi) is 3.15. The van der Waals surface area contributed by atoms with E-state index >= 15 is 0 Å². The molecule has 0 saturated carbocycles. The summed E-state index contributed by atoms with van der Waals surface area (Å²) < 4.78 is 0. The van der Waals surface area contributed by atoms with Gasteiger partial charge in [0.05, 0.1) is 5.60 Å². The molecule has 0 aliphatic rings. The molecule has 0 fully saturated rings. The maximum atomic E-state index is 9.26. The second-order valence-corrected chi connectivity index (χ2v) is 3.36. The first-order chi connectivity index (χ1) is 3.95. The Labute approximate surface area is 57.1 Å². The molecule has 0 aliphatic heterocycles. The van der Waals surface area contributed by atoms with Crippen molar-refractivity contribution in [3.05, 3.63) is 0 Å². The molecule has 0 radical (unpaired) electrons. The van der Waals surface area contributed by atoms with Crippen LogP contribution in [0.3, 0.4) is 0 Å². The first-order valence-corrected chi connectivity index (χ1v) is 3.38. The van der Waals surface area contributed by atoms with E-state index < -0.39 is 5.60 Å². The zero-order valence-corrected chi connectivity index (χ0v) is 6.52. The van der Waals surface area contributed by atoms with Gasteiger partial charge < -0.3 is 10.8 Å². The minimum absolute atomic E-state index is 0.421. The molecule has 1 atom stereocenters. The highest BCUT2D eigenvalue weighted by Gasteiger charge is 2.15. The topological polar surface area (TPSA) is 46.2 Å². The van der Waals surface area contributed by atoms with Gasteiger partial charge in [0.1, 0.15) is 0 Å². The van der Waals surface area contributed by atoms with E-state index in [4.69, 9.17) is 5.73 Å². The second kappa shape index (κ2) is 3.18. The Bertz CT molecular complexity index is 75.5. The van der Waals surface area contributed by atoms with Gasteiger partial charge in [0, 0.05) is 0 Å². The van der Waals surface area contributed by atoms with Gasteiger partial charge in [-0.2, -0.15) is 0 Å². The third kappa shape index (κ3) is 5.80. The smallest absolute Gasteiger partial charge is 0.0594 e. The molecule has 56 valence electrons. The number of hydrogen-bond acceptors (Lipinski definition) is 2. The zero-order chi connectivity index (χ0) is 7.49. The van der Waals surface area contributed by atoms with E-state index in [1.807, 2.05) is 6.92 Å². The molecule has 0 unspecified atom stereocenters. The third-order valence-corrected chi connectivity index (χ3v) is 1.25. The molecular formula is C7H17NO. The monoisotopic (exact) mass is 131 g/mol. The van der Waals surface area contributed by atoms with Crippen molar-refractivity contribution in [2.24, 2.45) is 11.7 Å². The molecule has 0 amide bonds. The maximum Gasteiger partial charge on any atom is 0.0594 e. The first-order valence-electron chi connectivity index (χ1n) is 3.38. The molecular weight excluding hydrogens is 114 g/mol. The molecule has 0 bridgehead atoms. The Hall–Kier alpha value is -0.0800. The second-order valence-electron chi connectivity index (χ2n) is 3.36. The van der Waals surface area contributed by atoms with Gasteiger partial charge in [0.25, 0.3) is 0 Å². The average Bonchev–Trinajstić information content (AvgIpc) is 1.62. The summed E-state index contributed by atoms with van der Waals surface area (Å²) in [6.45, 7) is 6.31. The van der Waals surface area contributed by atoms with Crippen LogP contribution in [-0.2, 0) is 0 Å². The van der Waals surface area contributed by atoms with E-state index in [0.717, 1.165) is 6.42 Å². The fraction of sp³-hybridized carbons (Fsp3) is 1.00. The van der Waals surface area contributed by atoms with E-state index in [1.165, 1.54) is 0 Å².